The van der Waals surface area contributed by atoms with Crippen LogP contribution < -0.4 is 11.5 Å². The van der Waals surface area contributed by atoms with Gasteiger partial charge in [-0.05, 0) is 24.8 Å². The lowest BCUT2D eigenvalue weighted by Crippen LogP contribution is -2.23. The van der Waals surface area contributed by atoms with Crippen molar-refractivity contribution in [2.75, 3.05) is 0 Å². The lowest BCUT2D eigenvalue weighted by atomic mass is 10.1. The zero-order valence-electron chi connectivity index (χ0n) is 10.2. The Morgan fingerprint density at radius 1 is 1.17 bits per heavy atom. The largest absolute Gasteiger partial charge is 0.394 e. The molecular formula is C14H17N3O. The summed E-state index contributed by atoms with van der Waals surface area (Å²) in [5.74, 6) is -0.556. The molecule has 0 radical (unpaired) electrons. The summed E-state index contributed by atoms with van der Waals surface area (Å²) in [5, 5.41) is 0. The summed E-state index contributed by atoms with van der Waals surface area (Å²) < 4.78 is 0. The van der Waals surface area contributed by atoms with E-state index < -0.39 is 5.91 Å². The van der Waals surface area contributed by atoms with Crippen LogP contribution in [0.2, 0.25) is 0 Å². The van der Waals surface area contributed by atoms with E-state index in [1.807, 2.05) is 30.3 Å². The topological polar surface area (TPSA) is 81.5 Å². The first-order valence-electron chi connectivity index (χ1n) is 6.04. The third-order valence-corrected chi connectivity index (χ3v) is 3.07. The molecule has 1 aromatic rings. The number of primary amides is 1. The molecule has 18 heavy (non-hydrogen) atoms. The van der Waals surface area contributed by atoms with Crippen LogP contribution in [0.15, 0.2) is 46.6 Å². The number of carbonyl (C=O) groups is 1. The van der Waals surface area contributed by atoms with Crippen LogP contribution >= 0.6 is 0 Å². The molecule has 0 aliphatic heterocycles. The van der Waals surface area contributed by atoms with Gasteiger partial charge in [-0.1, -0.05) is 30.3 Å². The molecule has 0 bridgehead atoms. The highest BCUT2D eigenvalue weighted by molar-refractivity contribution is 6.08. The monoisotopic (exact) mass is 243 g/mol. The Labute approximate surface area is 106 Å². The average Bonchev–Trinajstić information content (AvgIpc) is 2.84. The average molecular weight is 243 g/mol. The first-order valence-corrected chi connectivity index (χ1v) is 6.04. The molecule has 1 aromatic carbocycles. The standard InChI is InChI=1S/C14H17N3O/c15-13(14(16)18)11-7-4-8-12(11)17-9-10-5-2-1-3-6-10/h1-3,5-6H,4,7-9,15H2,(H2,16,18). The van der Waals surface area contributed by atoms with Gasteiger partial charge in [0.15, 0.2) is 0 Å². The molecule has 4 N–H and O–H groups in total. The number of carbonyl (C=O) groups excluding carboxylic acids is 1. The van der Waals surface area contributed by atoms with Gasteiger partial charge >= 0.3 is 0 Å². The van der Waals surface area contributed by atoms with Crippen LogP contribution in [-0.2, 0) is 11.3 Å². The van der Waals surface area contributed by atoms with Gasteiger partial charge in [-0.25, -0.2) is 0 Å². The van der Waals surface area contributed by atoms with E-state index in [1.54, 1.807) is 0 Å². The number of amides is 1. The quantitative estimate of drug-likeness (QED) is 0.789. The fourth-order valence-electron chi connectivity index (χ4n) is 2.11. The number of hydrogen-bond acceptors (Lipinski definition) is 3. The summed E-state index contributed by atoms with van der Waals surface area (Å²) in [6, 6.07) is 10.00. The maximum absolute atomic E-state index is 11.1. The molecule has 0 saturated heterocycles. The maximum atomic E-state index is 11.1. The van der Waals surface area contributed by atoms with E-state index in [4.69, 9.17) is 11.5 Å². The van der Waals surface area contributed by atoms with Crippen LogP contribution in [0.3, 0.4) is 0 Å². The minimum atomic E-state index is -0.556. The molecule has 4 nitrogen and oxygen atoms in total. The molecule has 1 aliphatic carbocycles. The van der Waals surface area contributed by atoms with Crippen LogP contribution in [0.25, 0.3) is 0 Å². The van der Waals surface area contributed by atoms with Crippen molar-refractivity contribution in [3.05, 3.63) is 47.2 Å². The van der Waals surface area contributed by atoms with E-state index in [0.717, 1.165) is 36.1 Å². The second kappa shape index (κ2) is 5.49. The number of benzene rings is 1. The highest BCUT2D eigenvalue weighted by Gasteiger charge is 2.20. The van der Waals surface area contributed by atoms with Crippen molar-refractivity contribution in [1.82, 2.24) is 0 Å². The van der Waals surface area contributed by atoms with E-state index in [-0.39, 0.29) is 5.70 Å². The van der Waals surface area contributed by atoms with Gasteiger partial charge in [-0.15, -0.1) is 0 Å². The maximum Gasteiger partial charge on any atom is 0.264 e. The Kier molecular flexibility index (Phi) is 3.77. The van der Waals surface area contributed by atoms with Gasteiger partial charge in [0.25, 0.3) is 5.91 Å². The predicted octanol–water partition coefficient (Wildman–Crippen LogP) is 1.51. The third kappa shape index (κ3) is 2.77. The molecule has 0 aromatic heterocycles. The molecule has 1 saturated carbocycles. The third-order valence-electron chi connectivity index (χ3n) is 3.07. The van der Waals surface area contributed by atoms with Crippen LogP contribution in [-0.4, -0.2) is 11.6 Å². The van der Waals surface area contributed by atoms with Crippen LogP contribution in [0.1, 0.15) is 24.8 Å². The van der Waals surface area contributed by atoms with Gasteiger partial charge in [-0.3, -0.25) is 9.79 Å². The Balaban J connectivity index is 2.18. The summed E-state index contributed by atoms with van der Waals surface area (Å²) in [5.41, 5.74) is 14.0. The Morgan fingerprint density at radius 2 is 1.89 bits per heavy atom. The number of allylic oxidation sites excluding steroid dienone is 1. The summed E-state index contributed by atoms with van der Waals surface area (Å²) in [6.07, 6.45) is 2.65. The molecule has 2 rings (SSSR count). The van der Waals surface area contributed by atoms with Crippen molar-refractivity contribution >= 4 is 11.6 Å². The van der Waals surface area contributed by atoms with Crippen molar-refractivity contribution in [3.63, 3.8) is 0 Å². The Hall–Kier alpha value is -2.10. The number of nitrogens with zero attached hydrogens (tertiary/aromatic N) is 1. The summed E-state index contributed by atoms with van der Waals surface area (Å²) in [4.78, 5) is 15.6. The normalized spacial score (nSPS) is 20.1. The van der Waals surface area contributed by atoms with Crippen LogP contribution in [0.5, 0.6) is 0 Å². The van der Waals surface area contributed by atoms with Crippen molar-refractivity contribution in [2.24, 2.45) is 16.5 Å². The van der Waals surface area contributed by atoms with Crippen LogP contribution in [0.4, 0.5) is 0 Å². The predicted molar refractivity (Wildman–Crippen MR) is 71.8 cm³/mol. The van der Waals surface area contributed by atoms with E-state index in [1.165, 1.54) is 0 Å². The fourth-order valence-corrected chi connectivity index (χ4v) is 2.11. The van der Waals surface area contributed by atoms with E-state index in [2.05, 4.69) is 4.99 Å². The SMILES string of the molecule is NC(=O)C(N)=C1CCCC1=NCc1ccccc1. The van der Waals surface area contributed by atoms with Gasteiger partial charge < -0.3 is 11.5 Å². The van der Waals surface area contributed by atoms with E-state index >= 15 is 0 Å². The van der Waals surface area contributed by atoms with Crippen molar-refractivity contribution < 1.29 is 4.79 Å². The molecule has 0 atom stereocenters. The van der Waals surface area contributed by atoms with E-state index in [0.29, 0.717) is 6.54 Å². The molecule has 4 heteroatoms. The molecule has 1 amide bonds. The van der Waals surface area contributed by atoms with Gasteiger partial charge in [0.2, 0.25) is 0 Å². The van der Waals surface area contributed by atoms with Crippen molar-refractivity contribution in [2.45, 2.75) is 25.8 Å². The Morgan fingerprint density at radius 3 is 2.56 bits per heavy atom. The fraction of sp³-hybridized carbons (Fsp3) is 0.286. The Bertz CT molecular complexity index is 503. The number of aliphatic imine (C=N–C) groups is 1. The molecule has 94 valence electrons. The van der Waals surface area contributed by atoms with Gasteiger partial charge in [0, 0.05) is 11.3 Å². The zero-order valence-corrected chi connectivity index (χ0v) is 10.2. The molecule has 0 unspecified atom stereocenters. The highest BCUT2D eigenvalue weighted by Crippen LogP contribution is 2.24. The molecule has 0 heterocycles. The first kappa shape index (κ1) is 12.4. The second-order valence-corrected chi connectivity index (χ2v) is 4.36. The van der Waals surface area contributed by atoms with Gasteiger partial charge in [0.1, 0.15) is 5.70 Å². The van der Waals surface area contributed by atoms with Crippen molar-refractivity contribution in [1.29, 1.82) is 0 Å². The zero-order chi connectivity index (χ0) is 13.0. The van der Waals surface area contributed by atoms with Gasteiger partial charge in [-0.2, -0.15) is 0 Å². The minimum absolute atomic E-state index is 0.166. The molecule has 1 aliphatic rings. The molecule has 0 spiro atoms. The van der Waals surface area contributed by atoms with Crippen molar-refractivity contribution in [3.8, 4) is 0 Å². The summed E-state index contributed by atoms with van der Waals surface area (Å²) in [6.45, 7) is 0.617. The van der Waals surface area contributed by atoms with Crippen LogP contribution in [0, 0.1) is 0 Å². The lowest BCUT2D eigenvalue weighted by molar-refractivity contribution is -0.114. The van der Waals surface area contributed by atoms with Gasteiger partial charge in [0.05, 0.1) is 6.54 Å². The lowest BCUT2D eigenvalue weighted by Gasteiger charge is -2.04. The molecular weight excluding hydrogens is 226 g/mol. The number of hydrogen-bond donors (Lipinski definition) is 2. The molecule has 1 fully saturated rings. The second-order valence-electron chi connectivity index (χ2n) is 4.36. The summed E-state index contributed by atoms with van der Waals surface area (Å²) >= 11 is 0. The highest BCUT2D eigenvalue weighted by atomic mass is 16.1. The number of rotatable bonds is 3. The smallest absolute Gasteiger partial charge is 0.264 e. The van der Waals surface area contributed by atoms with E-state index in [9.17, 15) is 4.79 Å². The minimum Gasteiger partial charge on any atom is -0.394 e. The first-order chi connectivity index (χ1) is 8.68. The number of nitrogens with two attached hydrogens (primary N) is 2. The summed E-state index contributed by atoms with van der Waals surface area (Å²) in [7, 11) is 0.